The maximum atomic E-state index is 10.9. The second-order valence-corrected chi connectivity index (χ2v) is 4.07. The summed E-state index contributed by atoms with van der Waals surface area (Å²) in [5.41, 5.74) is 6.24. The Morgan fingerprint density at radius 3 is 2.65 bits per heavy atom. The summed E-state index contributed by atoms with van der Waals surface area (Å²) in [6, 6.07) is 7.81. The molecule has 2 aromatic rings. The summed E-state index contributed by atoms with van der Waals surface area (Å²) in [6.07, 6.45) is 0. The first kappa shape index (κ1) is 13.6. The van der Waals surface area contributed by atoms with Crippen molar-refractivity contribution in [2.45, 2.75) is 6.92 Å². The third-order valence-corrected chi connectivity index (χ3v) is 2.58. The van der Waals surface area contributed by atoms with Gasteiger partial charge in [-0.15, -0.1) is 0 Å². The van der Waals surface area contributed by atoms with Gasteiger partial charge >= 0.3 is 11.6 Å². The van der Waals surface area contributed by atoms with E-state index in [2.05, 4.69) is 4.98 Å². The zero-order valence-electron chi connectivity index (χ0n) is 11.0. The molecular formula is C13H13N3O4. The fraction of sp³-hybridized carbons (Fsp3) is 0.154. The van der Waals surface area contributed by atoms with Gasteiger partial charge in [-0.05, 0) is 30.7 Å². The van der Waals surface area contributed by atoms with Gasteiger partial charge in [0, 0.05) is 6.07 Å². The minimum absolute atomic E-state index is 0.136. The van der Waals surface area contributed by atoms with E-state index in [4.69, 9.17) is 15.2 Å². The van der Waals surface area contributed by atoms with Gasteiger partial charge in [-0.1, -0.05) is 6.07 Å². The van der Waals surface area contributed by atoms with Crippen LogP contribution in [-0.4, -0.2) is 17.0 Å². The third kappa shape index (κ3) is 2.77. The Bertz CT molecular complexity index is 658. The van der Waals surface area contributed by atoms with Crippen LogP contribution in [0, 0.1) is 17.0 Å². The number of pyridine rings is 1. The smallest absolute Gasteiger partial charge is 0.331 e. The number of nitro groups is 1. The Balaban J connectivity index is 2.44. The van der Waals surface area contributed by atoms with E-state index in [0.717, 1.165) is 5.56 Å². The molecule has 0 aliphatic carbocycles. The van der Waals surface area contributed by atoms with Crippen LogP contribution in [0.4, 0.5) is 11.5 Å². The molecule has 1 heterocycles. The molecule has 0 aliphatic heterocycles. The Hall–Kier alpha value is -2.83. The predicted octanol–water partition coefficient (Wildman–Crippen LogP) is 2.68. The number of ether oxygens (including phenoxy) is 2. The summed E-state index contributed by atoms with van der Waals surface area (Å²) >= 11 is 0. The lowest BCUT2D eigenvalue weighted by molar-refractivity contribution is -0.386. The molecule has 0 bridgehead atoms. The van der Waals surface area contributed by atoms with Crippen LogP contribution in [0.5, 0.6) is 17.4 Å². The van der Waals surface area contributed by atoms with Gasteiger partial charge in [0.15, 0.2) is 11.5 Å². The summed E-state index contributed by atoms with van der Waals surface area (Å²) in [5, 5.41) is 10.9. The van der Waals surface area contributed by atoms with E-state index < -0.39 is 4.92 Å². The molecule has 0 amide bonds. The molecule has 1 aromatic carbocycles. The Labute approximate surface area is 115 Å². The summed E-state index contributed by atoms with van der Waals surface area (Å²) in [5.74, 6) is 0.761. The van der Waals surface area contributed by atoms with E-state index in [1.165, 1.54) is 19.2 Å². The first-order valence-electron chi connectivity index (χ1n) is 5.74. The van der Waals surface area contributed by atoms with Crippen LogP contribution >= 0.6 is 0 Å². The number of anilines is 1. The van der Waals surface area contributed by atoms with Crippen molar-refractivity contribution in [3.63, 3.8) is 0 Å². The molecule has 0 unspecified atom stereocenters. The van der Waals surface area contributed by atoms with Gasteiger partial charge in [0.05, 0.1) is 12.0 Å². The van der Waals surface area contributed by atoms with Crippen molar-refractivity contribution < 1.29 is 14.4 Å². The fourth-order valence-electron chi connectivity index (χ4n) is 1.62. The molecule has 20 heavy (non-hydrogen) atoms. The summed E-state index contributed by atoms with van der Waals surface area (Å²) in [6.45, 7) is 1.90. The van der Waals surface area contributed by atoms with Crippen LogP contribution in [0.3, 0.4) is 0 Å². The molecule has 0 spiro atoms. The van der Waals surface area contributed by atoms with Crippen molar-refractivity contribution >= 4 is 11.5 Å². The van der Waals surface area contributed by atoms with Crippen LogP contribution in [0.1, 0.15) is 5.56 Å². The molecule has 1 aromatic heterocycles. The third-order valence-electron chi connectivity index (χ3n) is 2.58. The molecule has 0 radical (unpaired) electrons. The van der Waals surface area contributed by atoms with Gasteiger partial charge in [0.1, 0.15) is 5.82 Å². The molecule has 0 fully saturated rings. The van der Waals surface area contributed by atoms with Gasteiger partial charge in [-0.25, -0.2) is 0 Å². The number of hydrogen-bond donors (Lipinski definition) is 1. The number of nitrogens with two attached hydrogens (primary N) is 1. The zero-order chi connectivity index (χ0) is 14.7. The standard InChI is InChI=1S/C13H13N3O4/c1-8-3-5-10(11(7-8)19-2)20-13-9(16(17)18)4-6-12(14)15-13/h3-7H,1-2H3,(H2,14,15). The highest BCUT2D eigenvalue weighted by atomic mass is 16.6. The second kappa shape index (κ2) is 5.43. The lowest BCUT2D eigenvalue weighted by atomic mass is 10.2. The van der Waals surface area contributed by atoms with Gasteiger partial charge in [-0.2, -0.15) is 4.98 Å². The normalized spacial score (nSPS) is 10.1. The maximum absolute atomic E-state index is 10.9. The van der Waals surface area contributed by atoms with E-state index in [-0.39, 0.29) is 17.4 Å². The molecular weight excluding hydrogens is 262 g/mol. The molecule has 0 atom stereocenters. The van der Waals surface area contributed by atoms with E-state index in [1.807, 2.05) is 6.92 Å². The number of hydrogen-bond acceptors (Lipinski definition) is 6. The Kier molecular flexibility index (Phi) is 3.69. The van der Waals surface area contributed by atoms with Crippen molar-refractivity contribution in [2.75, 3.05) is 12.8 Å². The number of benzene rings is 1. The number of nitrogen functional groups attached to an aromatic ring is 1. The maximum Gasteiger partial charge on any atom is 0.331 e. The van der Waals surface area contributed by atoms with Crippen molar-refractivity contribution in [1.82, 2.24) is 4.98 Å². The minimum atomic E-state index is -0.581. The van der Waals surface area contributed by atoms with E-state index in [1.54, 1.807) is 18.2 Å². The zero-order valence-corrected chi connectivity index (χ0v) is 11.0. The largest absolute Gasteiger partial charge is 0.493 e. The highest BCUT2D eigenvalue weighted by Crippen LogP contribution is 2.35. The Morgan fingerprint density at radius 1 is 1.25 bits per heavy atom. The summed E-state index contributed by atoms with van der Waals surface area (Å²) < 4.78 is 10.6. The molecule has 7 nitrogen and oxygen atoms in total. The van der Waals surface area contributed by atoms with E-state index in [0.29, 0.717) is 11.5 Å². The molecule has 7 heteroatoms. The average molecular weight is 275 g/mol. The quantitative estimate of drug-likeness (QED) is 0.680. The summed E-state index contributed by atoms with van der Waals surface area (Å²) in [7, 11) is 1.49. The van der Waals surface area contributed by atoms with Gasteiger partial charge in [0.2, 0.25) is 0 Å². The highest BCUT2D eigenvalue weighted by molar-refractivity contribution is 5.51. The SMILES string of the molecule is COc1cc(C)ccc1Oc1nc(N)ccc1[N+](=O)[O-]. The van der Waals surface area contributed by atoms with Crippen molar-refractivity contribution in [2.24, 2.45) is 0 Å². The van der Waals surface area contributed by atoms with Crippen LogP contribution in [0.25, 0.3) is 0 Å². The number of nitrogens with zero attached hydrogens (tertiary/aromatic N) is 2. The first-order chi connectivity index (χ1) is 9.51. The lowest BCUT2D eigenvalue weighted by Gasteiger charge is -2.10. The monoisotopic (exact) mass is 275 g/mol. The predicted molar refractivity (Wildman–Crippen MR) is 73.1 cm³/mol. The van der Waals surface area contributed by atoms with Gasteiger partial charge in [0.25, 0.3) is 0 Å². The van der Waals surface area contributed by atoms with Crippen LogP contribution in [-0.2, 0) is 0 Å². The fourth-order valence-corrected chi connectivity index (χ4v) is 1.62. The van der Waals surface area contributed by atoms with E-state index in [9.17, 15) is 10.1 Å². The van der Waals surface area contributed by atoms with Crippen molar-refractivity contribution in [3.8, 4) is 17.4 Å². The molecule has 104 valence electrons. The van der Waals surface area contributed by atoms with Gasteiger partial charge < -0.3 is 15.2 Å². The average Bonchev–Trinajstić information content (AvgIpc) is 2.40. The second-order valence-electron chi connectivity index (χ2n) is 4.07. The van der Waals surface area contributed by atoms with Crippen LogP contribution < -0.4 is 15.2 Å². The van der Waals surface area contributed by atoms with Crippen molar-refractivity contribution in [3.05, 3.63) is 46.0 Å². The number of aromatic nitrogens is 1. The topological polar surface area (TPSA) is 101 Å². The van der Waals surface area contributed by atoms with Crippen molar-refractivity contribution in [1.29, 1.82) is 0 Å². The van der Waals surface area contributed by atoms with E-state index >= 15 is 0 Å². The summed E-state index contributed by atoms with van der Waals surface area (Å²) in [4.78, 5) is 14.2. The molecule has 0 saturated carbocycles. The molecule has 2 N–H and O–H groups in total. The molecule has 0 saturated heterocycles. The van der Waals surface area contributed by atoms with Crippen LogP contribution in [0.15, 0.2) is 30.3 Å². The molecule has 2 rings (SSSR count). The lowest BCUT2D eigenvalue weighted by Crippen LogP contribution is -2.00. The number of aryl methyl sites for hydroxylation is 1. The van der Waals surface area contributed by atoms with Gasteiger partial charge in [-0.3, -0.25) is 10.1 Å². The minimum Gasteiger partial charge on any atom is -0.493 e. The number of methoxy groups -OCH3 is 1. The molecule has 0 aliphatic rings. The highest BCUT2D eigenvalue weighted by Gasteiger charge is 2.19. The Morgan fingerprint density at radius 2 is 2.00 bits per heavy atom. The first-order valence-corrected chi connectivity index (χ1v) is 5.74. The van der Waals surface area contributed by atoms with Crippen LogP contribution in [0.2, 0.25) is 0 Å². The number of rotatable bonds is 4.